The zero-order valence-electron chi connectivity index (χ0n) is 52.5. The summed E-state index contributed by atoms with van der Waals surface area (Å²) in [5, 5.41) is 0. The molecule has 0 N–H and O–H groups in total. The first-order valence-corrected chi connectivity index (χ1v) is 33.3. The van der Waals surface area contributed by atoms with Crippen molar-refractivity contribution in [3.63, 3.8) is 0 Å². The van der Waals surface area contributed by atoms with Crippen molar-refractivity contribution in [2.75, 3.05) is 13.2 Å². The van der Waals surface area contributed by atoms with E-state index in [4.69, 9.17) is 14.2 Å². The molecule has 0 aromatic carbocycles. The van der Waals surface area contributed by atoms with Crippen molar-refractivity contribution in [3.8, 4) is 0 Å². The van der Waals surface area contributed by atoms with E-state index >= 15 is 0 Å². The van der Waals surface area contributed by atoms with E-state index in [9.17, 15) is 14.4 Å². The quantitative estimate of drug-likeness (QED) is 0.0261. The molecule has 0 saturated carbocycles. The first-order valence-electron chi connectivity index (χ1n) is 33.3. The maximum atomic E-state index is 12.9. The molecule has 0 saturated heterocycles. The van der Waals surface area contributed by atoms with Crippen LogP contribution in [0.1, 0.15) is 290 Å². The SMILES string of the molecule is CC/C=C\C/C=C\C/C=C\C/C=C\C/C=C\C/C=C\C/C=C\C/C=C\CCCCCCCCC(=O)OCC(COC(=O)CCCCCCCCCCCCC)OC(=O)CCCCCCCCCC/C=C\C/C=C\C/C=C\C/C=C\CC. The van der Waals surface area contributed by atoms with Crippen LogP contribution in [0.25, 0.3) is 0 Å². The van der Waals surface area contributed by atoms with E-state index in [0.717, 1.165) is 154 Å². The molecule has 0 fully saturated rings. The third-order valence-corrected chi connectivity index (χ3v) is 13.8. The van der Waals surface area contributed by atoms with E-state index in [2.05, 4.69) is 167 Å². The van der Waals surface area contributed by atoms with Crippen LogP contribution < -0.4 is 0 Å². The molecule has 0 aromatic rings. The average Bonchev–Trinajstić information content (AvgIpc) is 3.47. The lowest BCUT2D eigenvalue weighted by Crippen LogP contribution is -2.30. The number of hydrogen-bond acceptors (Lipinski definition) is 6. The number of unbranched alkanes of at least 4 members (excludes halogenated alkanes) is 24. The molecule has 0 bridgehead atoms. The highest BCUT2D eigenvalue weighted by molar-refractivity contribution is 5.71. The van der Waals surface area contributed by atoms with Crippen LogP contribution in [-0.2, 0) is 28.6 Å². The number of esters is 3. The van der Waals surface area contributed by atoms with Crippen molar-refractivity contribution in [2.45, 2.75) is 297 Å². The van der Waals surface area contributed by atoms with Gasteiger partial charge in [-0.15, -0.1) is 0 Å². The van der Waals surface area contributed by atoms with Crippen LogP contribution in [-0.4, -0.2) is 37.2 Å². The highest BCUT2D eigenvalue weighted by Crippen LogP contribution is 2.15. The second-order valence-corrected chi connectivity index (χ2v) is 21.6. The Morgan fingerprint density at radius 2 is 0.481 bits per heavy atom. The van der Waals surface area contributed by atoms with E-state index < -0.39 is 6.10 Å². The topological polar surface area (TPSA) is 78.9 Å². The first-order chi connectivity index (χ1) is 40.0. The highest BCUT2D eigenvalue weighted by atomic mass is 16.6. The number of ether oxygens (including phenoxy) is 3. The Morgan fingerprint density at radius 1 is 0.259 bits per heavy atom. The highest BCUT2D eigenvalue weighted by Gasteiger charge is 2.19. The Bertz CT molecular complexity index is 1760. The van der Waals surface area contributed by atoms with Gasteiger partial charge in [-0.2, -0.15) is 0 Å². The minimum atomic E-state index is -0.794. The van der Waals surface area contributed by atoms with Crippen LogP contribution in [0.15, 0.2) is 146 Å². The summed E-state index contributed by atoms with van der Waals surface area (Å²) in [7, 11) is 0. The van der Waals surface area contributed by atoms with E-state index in [1.807, 2.05) is 0 Å². The summed E-state index contributed by atoms with van der Waals surface area (Å²) < 4.78 is 16.9. The van der Waals surface area contributed by atoms with E-state index in [-0.39, 0.29) is 31.1 Å². The molecular weight excluding hydrogens is 997 g/mol. The first kappa shape index (κ1) is 76.3. The molecule has 0 amide bonds. The molecule has 1 atom stereocenters. The second kappa shape index (κ2) is 67.8. The minimum absolute atomic E-state index is 0.0882. The fourth-order valence-corrected chi connectivity index (χ4v) is 8.92. The molecule has 0 heterocycles. The largest absolute Gasteiger partial charge is 0.462 e. The summed E-state index contributed by atoms with van der Waals surface area (Å²) in [6, 6.07) is 0. The molecule has 458 valence electrons. The third-order valence-electron chi connectivity index (χ3n) is 13.8. The van der Waals surface area contributed by atoms with E-state index in [0.29, 0.717) is 19.3 Å². The molecule has 6 nitrogen and oxygen atoms in total. The van der Waals surface area contributed by atoms with E-state index in [1.165, 1.54) is 96.3 Å². The summed E-state index contributed by atoms with van der Waals surface area (Å²) in [6.07, 6.45) is 97.1. The third kappa shape index (κ3) is 66.0. The second-order valence-electron chi connectivity index (χ2n) is 21.6. The molecule has 0 rings (SSSR count). The fourth-order valence-electron chi connectivity index (χ4n) is 8.92. The lowest BCUT2D eigenvalue weighted by Gasteiger charge is -2.18. The van der Waals surface area contributed by atoms with Gasteiger partial charge >= 0.3 is 17.9 Å². The predicted molar refractivity (Wildman–Crippen MR) is 352 cm³/mol. The standard InChI is InChI=1S/C75H122O6/c1-4-7-10-13-16-19-22-24-26-28-30-32-33-34-35-36-37-38-39-40-41-43-44-46-48-50-53-56-59-62-65-68-74(77)80-71-72(70-79-73(76)67-64-61-58-55-52-21-18-15-12-9-6-3)81-75(78)69-66-63-60-57-54-51-49-47-45-42-31-29-27-25-23-20-17-14-11-8-5-2/h7-8,10-11,16-17,19-20,24-27,30-32,34-35,37-38,40-42,44,46,72H,4-6,9,12-15,18,21-23,28-29,33,36,39,43,45,47-71H2,1-3H3/b10-7-,11-8-,19-16-,20-17-,26-24-,27-25-,32-30-,35-34-,38-37-,41-40-,42-31-,46-44-. The van der Waals surface area contributed by atoms with Crippen LogP contribution in [0.2, 0.25) is 0 Å². The van der Waals surface area contributed by atoms with Crippen molar-refractivity contribution < 1.29 is 28.6 Å². The van der Waals surface area contributed by atoms with Gasteiger partial charge in [0.05, 0.1) is 0 Å². The Kier molecular flexibility index (Phi) is 63.9. The van der Waals surface area contributed by atoms with E-state index in [1.54, 1.807) is 0 Å². The van der Waals surface area contributed by atoms with Gasteiger partial charge in [0.1, 0.15) is 13.2 Å². The summed E-state index contributed by atoms with van der Waals surface area (Å²) in [6.45, 7) is 6.40. The van der Waals surface area contributed by atoms with Gasteiger partial charge in [-0.25, -0.2) is 0 Å². The summed E-state index contributed by atoms with van der Waals surface area (Å²) >= 11 is 0. The van der Waals surface area contributed by atoms with Crippen molar-refractivity contribution in [3.05, 3.63) is 146 Å². The zero-order chi connectivity index (χ0) is 58.5. The molecule has 0 aliphatic rings. The number of carbonyl (C=O) groups excluding carboxylic acids is 3. The van der Waals surface area contributed by atoms with Crippen molar-refractivity contribution in [1.82, 2.24) is 0 Å². The summed E-state index contributed by atoms with van der Waals surface area (Å²) in [5.41, 5.74) is 0. The number of hydrogen-bond donors (Lipinski definition) is 0. The van der Waals surface area contributed by atoms with Gasteiger partial charge in [0.2, 0.25) is 0 Å². The number of rotatable bonds is 59. The van der Waals surface area contributed by atoms with Gasteiger partial charge < -0.3 is 14.2 Å². The van der Waals surface area contributed by atoms with Gasteiger partial charge in [0.15, 0.2) is 6.10 Å². The normalized spacial score (nSPS) is 13.1. The molecule has 81 heavy (non-hydrogen) atoms. The Labute approximate surface area is 499 Å². The molecule has 0 spiro atoms. The van der Waals surface area contributed by atoms with Crippen LogP contribution in [0, 0.1) is 0 Å². The molecule has 0 aliphatic carbocycles. The van der Waals surface area contributed by atoms with Gasteiger partial charge in [0, 0.05) is 19.3 Å². The van der Waals surface area contributed by atoms with Gasteiger partial charge in [0.25, 0.3) is 0 Å². The van der Waals surface area contributed by atoms with Gasteiger partial charge in [-0.05, 0) is 122 Å². The maximum absolute atomic E-state index is 12.9. The molecule has 0 aromatic heterocycles. The van der Waals surface area contributed by atoms with Crippen molar-refractivity contribution in [1.29, 1.82) is 0 Å². The van der Waals surface area contributed by atoms with Crippen LogP contribution in [0.4, 0.5) is 0 Å². The molecule has 0 radical (unpaired) electrons. The van der Waals surface area contributed by atoms with Crippen molar-refractivity contribution >= 4 is 17.9 Å². The van der Waals surface area contributed by atoms with Crippen molar-refractivity contribution in [2.24, 2.45) is 0 Å². The fraction of sp³-hybridized carbons (Fsp3) is 0.640. The Hall–Kier alpha value is -4.71. The zero-order valence-corrected chi connectivity index (χ0v) is 52.5. The van der Waals surface area contributed by atoms with Gasteiger partial charge in [-0.1, -0.05) is 295 Å². The maximum Gasteiger partial charge on any atom is 0.306 e. The Morgan fingerprint density at radius 3 is 0.753 bits per heavy atom. The number of allylic oxidation sites excluding steroid dienone is 24. The summed E-state index contributed by atoms with van der Waals surface area (Å²) in [5.74, 6) is -0.910. The molecule has 1 unspecified atom stereocenters. The van der Waals surface area contributed by atoms with Crippen LogP contribution in [0.3, 0.4) is 0 Å². The lowest BCUT2D eigenvalue weighted by molar-refractivity contribution is -0.167. The van der Waals surface area contributed by atoms with Crippen LogP contribution in [0.5, 0.6) is 0 Å². The smallest absolute Gasteiger partial charge is 0.306 e. The molecular formula is C75H122O6. The molecule has 6 heteroatoms. The lowest BCUT2D eigenvalue weighted by atomic mass is 10.1. The monoisotopic (exact) mass is 1120 g/mol. The predicted octanol–water partition coefficient (Wildman–Crippen LogP) is 23.1. The summed E-state index contributed by atoms with van der Waals surface area (Å²) in [4.78, 5) is 38.3. The minimum Gasteiger partial charge on any atom is -0.462 e. The van der Waals surface area contributed by atoms with Gasteiger partial charge in [-0.3, -0.25) is 14.4 Å². The van der Waals surface area contributed by atoms with Crippen LogP contribution >= 0.6 is 0 Å². The Balaban J connectivity index is 4.33. The average molecular weight is 1120 g/mol. The molecule has 0 aliphatic heterocycles. The number of carbonyl (C=O) groups is 3.